The lowest BCUT2D eigenvalue weighted by Gasteiger charge is -2.50. The van der Waals surface area contributed by atoms with E-state index in [4.69, 9.17) is 0 Å². The van der Waals surface area contributed by atoms with Crippen molar-refractivity contribution in [3.8, 4) is 0 Å². The molecule has 0 unspecified atom stereocenters. The van der Waals surface area contributed by atoms with Crippen LogP contribution in [0, 0.1) is 5.92 Å². The zero-order chi connectivity index (χ0) is 10.3. The van der Waals surface area contributed by atoms with Crippen LogP contribution in [0.25, 0.3) is 0 Å². The molecule has 1 rings (SSSR count). The quantitative estimate of drug-likeness (QED) is 0.674. The van der Waals surface area contributed by atoms with E-state index in [1.807, 2.05) is 13.8 Å². The van der Waals surface area contributed by atoms with Crippen molar-refractivity contribution in [2.24, 2.45) is 5.92 Å². The van der Waals surface area contributed by atoms with Gasteiger partial charge >= 0.3 is 0 Å². The van der Waals surface area contributed by atoms with Crippen molar-refractivity contribution in [3.63, 3.8) is 0 Å². The van der Waals surface area contributed by atoms with Gasteiger partial charge in [-0.3, -0.25) is 4.90 Å². The summed E-state index contributed by atoms with van der Waals surface area (Å²) in [5, 5.41) is 19.5. The first kappa shape index (κ1) is 11.0. The maximum Gasteiger partial charge on any atom is 0.0922 e. The Labute approximate surface area is 80.4 Å². The second kappa shape index (κ2) is 3.23. The molecular weight excluding hydrogens is 166 g/mol. The molecule has 13 heavy (non-hydrogen) atoms. The minimum absolute atomic E-state index is 0.297. The van der Waals surface area contributed by atoms with Gasteiger partial charge in [0.15, 0.2) is 0 Å². The van der Waals surface area contributed by atoms with Crippen LogP contribution in [-0.2, 0) is 0 Å². The fraction of sp³-hybridized carbons (Fsp3) is 1.00. The summed E-state index contributed by atoms with van der Waals surface area (Å²) >= 11 is 0. The lowest BCUT2D eigenvalue weighted by atomic mass is 9.82. The van der Waals surface area contributed by atoms with E-state index in [2.05, 4.69) is 4.90 Å². The van der Waals surface area contributed by atoms with E-state index >= 15 is 0 Å². The van der Waals surface area contributed by atoms with Crippen molar-refractivity contribution in [1.82, 2.24) is 4.90 Å². The third-order valence-corrected chi connectivity index (χ3v) is 2.68. The highest BCUT2D eigenvalue weighted by Gasteiger charge is 2.44. The normalized spacial score (nSPS) is 23.3. The molecule has 0 atom stereocenters. The number of aliphatic hydroxyl groups is 2. The molecule has 78 valence electrons. The fourth-order valence-corrected chi connectivity index (χ4v) is 1.75. The van der Waals surface area contributed by atoms with Crippen molar-refractivity contribution < 1.29 is 10.2 Å². The van der Waals surface area contributed by atoms with E-state index in [1.54, 1.807) is 13.8 Å². The van der Waals surface area contributed by atoms with Gasteiger partial charge in [-0.2, -0.15) is 0 Å². The second-order valence-corrected chi connectivity index (χ2v) is 5.22. The molecule has 0 aromatic carbocycles. The molecule has 3 nitrogen and oxygen atoms in total. The summed E-state index contributed by atoms with van der Waals surface area (Å²) in [5.74, 6) is 0.297. The Hall–Kier alpha value is -0.120. The molecule has 1 saturated heterocycles. The van der Waals surface area contributed by atoms with Crippen molar-refractivity contribution in [2.45, 2.75) is 38.9 Å². The molecule has 0 aromatic rings. The molecule has 0 spiro atoms. The van der Waals surface area contributed by atoms with E-state index in [9.17, 15) is 10.2 Å². The summed E-state index contributed by atoms with van der Waals surface area (Å²) in [6.07, 6.45) is 0. The third-order valence-electron chi connectivity index (χ3n) is 2.68. The standard InChI is InChI=1S/C10H21NO2/c1-8(2)10(13)6-11(7-10)5-9(3,4)12/h8,12-13H,5-7H2,1-4H3. The summed E-state index contributed by atoms with van der Waals surface area (Å²) in [5.41, 5.74) is -1.18. The van der Waals surface area contributed by atoms with Crippen LogP contribution < -0.4 is 0 Å². The van der Waals surface area contributed by atoms with Gasteiger partial charge in [0.25, 0.3) is 0 Å². The number of β-amino-alcohol motifs (C(OH)–C–C–N with tert-alkyl or cyclic N) is 2. The molecule has 3 heteroatoms. The molecule has 1 fully saturated rings. The van der Waals surface area contributed by atoms with E-state index < -0.39 is 11.2 Å². The maximum atomic E-state index is 9.93. The van der Waals surface area contributed by atoms with Gasteiger partial charge in [0.2, 0.25) is 0 Å². The average molecular weight is 187 g/mol. The highest BCUT2D eigenvalue weighted by molar-refractivity contribution is 4.98. The molecule has 0 radical (unpaired) electrons. The van der Waals surface area contributed by atoms with Crippen molar-refractivity contribution >= 4 is 0 Å². The SMILES string of the molecule is CC(C)C1(O)CN(CC(C)(C)O)C1. The van der Waals surface area contributed by atoms with Crippen LogP contribution in [0.1, 0.15) is 27.7 Å². The van der Waals surface area contributed by atoms with Crippen LogP contribution in [0.5, 0.6) is 0 Å². The maximum absolute atomic E-state index is 9.93. The Balaban J connectivity index is 2.33. The van der Waals surface area contributed by atoms with Crippen LogP contribution in [0.3, 0.4) is 0 Å². The largest absolute Gasteiger partial charge is 0.389 e. The van der Waals surface area contributed by atoms with Crippen molar-refractivity contribution in [2.75, 3.05) is 19.6 Å². The smallest absolute Gasteiger partial charge is 0.0922 e. The predicted octanol–water partition coefficient (Wildman–Crippen LogP) is 0.460. The molecule has 1 aliphatic heterocycles. The van der Waals surface area contributed by atoms with Gasteiger partial charge in [0.05, 0.1) is 11.2 Å². The molecule has 0 bridgehead atoms. The topological polar surface area (TPSA) is 43.7 Å². The van der Waals surface area contributed by atoms with Crippen molar-refractivity contribution in [1.29, 1.82) is 0 Å². The van der Waals surface area contributed by atoms with Gasteiger partial charge in [-0.1, -0.05) is 13.8 Å². The highest BCUT2D eigenvalue weighted by Crippen LogP contribution is 2.29. The molecule has 0 aromatic heterocycles. The first-order valence-corrected chi connectivity index (χ1v) is 4.90. The second-order valence-electron chi connectivity index (χ2n) is 5.22. The fourth-order valence-electron chi connectivity index (χ4n) is 1.75. The molecule has 0 aliphatic carbocycles. The molecule has 1 heterocycles. The monoisotopic (exact) mass is 187 g/mol. The Kier molecular flexibility index (Phi) is 2.72. The summed E-state index contributed by atoms with van der Waals surface area (Å²) < 4.78 is 0. The van der Waals surface area contributed by atoms with Crippen LogP contribution >= 0.6 is 0 Å². The van der Waals surface area contributed by atoms with Crippen LogP contribution in [0.2, 0.25) is 0 Å². The highest BCUT2D eigenvalue weighted by atomic mass is 16.3. The van der Waals surface area contributed by atoms with Gasteiger partial charge in [-0.15, -0.1) is 0 Å². The zero-order valence-electron chi connectivity index (χ0n) is 9.04. The molecule has 0 amide bonds. The van der Waals surface area contributed by atoms with Crippen LogP contribution in [0.15, 0.2) is 0 Å². The Morgan fingerprint density at radius 1 is 1.38 bits per heavy atom. The van der Waals surface area contributed by atoms with Crippen molar-refractivity contribution in [3.05, 3.63) is 0 Å². The van der Waals surface area contributed by atoms with Gasteiger partial charge in [0, 0.05) is 19.6 Å². The summed E-state index contributed by atoms with van der Waals surface area (Å²) in [7, 11) is 0. The Bertz CT molecular complexity index is 178. The number of rotatable bonds is 3. The van der Waals surface area contributed by atoms with Crippen LogP contribution in [0.4, 0.5) is 0 Å². The van der Waals surface area contributed by atoms with Gasteiger partial charge in [-0.05, 0) is 19.8 Å². The number of likely N-dealkylation sites (tertiary alicyclic amines) is 1. The third kappa shape index (κ3) is 2.66. The lowest BCUT2D eigenvalue weighted by molar-refractivity contribution is -0.143. The first-order valence-electron chi connectivity index (χ1n) is 4.90. The summed E-state index contributed by atoms with van der Waals surface area (Å²) in [4.78, 5) is 2.08. The molecule has 1 aliphatic rings. The Morgan fingerprint density at radius 3 is 2.15 bits per heavy atom. The van der Waals surface area contributed by atoms with Crippen LogP contribution in [-0.4, -0.2) is 45.9 Å². The number of hydrogen-bond donors (Lipinski definition) is 2. The minimum atomic E-state index is -0.654. The molecule has 0 saturated carbocycles. The molecule has 2 N–H and O–H groups in total. The summed E-state index contributed by atoms with van der Waals surface area (Å²) in [6.45, 7) is 9.66. The summed E-state index contributed by atoms with van der Waals surface area (Å²) in [6, 6.07) is 0. The van der Waals surface area contributed by atoms with E-state index in [0.29, 0.717) is 25.6 Å². The number of hydrogen-bond acceptors (Lipinski definition) is 3. The first-order chi connectivity index (χ1) is 5.73. The number of nitrogens with zero attached hydrogens (tertiary/aromatic N) is 1. The van der Waals surface area contributed by atoms with Gasteiger partial charge < -0.3 is 10.2 Å². The lowest BCUT2D eigenvalue weighted by Crippen LogP contribution is -2.66. The predicted molar refractivity (Wildman–Crippen MR) is 52.5 cm³/mol. The average Bonchev–Trinajstić information content (AvgIpc) is 1.79. The van der Waals surface area contributed by atoms with E-state index in [1.165, 1.54) is 0 Å². The van der Waals surface area contributed by atoms with Gasteiger partial charge in [-0.25, -0.2) is 0 Å². The zero-order valence-corrected chi connectivity index (χ0v) is 9.04. The van der Waals surface area contributed by atoms with Gasteiger partial charge in [0.1, 0.15) is 0 Å². The molecular formula is C10H21NO2. The Morgan fingerprint density at radius 2 is 1.85 bits per heavy atom. The van der Waals surface area contributed by atoms with E-state index in [0.717, 1.165) is 0 Å². The minimum Gasteiger partial charge on any atom is -0.389 e. The van der Waals surface area contributed by atoms with E-state index in [-0.39, 0.29) is 0 Å².